The van der Waals surface area contributed by atoms with Crippen LogP contribution in [-0.2, 0) is 0 Å². The lowest BCUT2D eigenvalue weighted by atomic mass is 10.2. The van der Waals surface area contributed by atoms with Gasteiger partial charge in [0, 0.05) is 12.6 Å². The number of aromatic amines is 2. The molecule has 1 aromatic rings. The molecule has 70 valence electrons. The lowest BCUT2D eigenvalue weighted by Gasteiger charge is -2.23. The van der Waals surface area contributed by atoms with Crippen LogP contribution in [0.25, 0.3) is 0 Å². The van der Waals surface area contributed by atoms with Crippen molar-refractivity contribution in [1.29, 1.82) is 0 Å². The molecule has 0 saturated carbocycles. The van der Waals surface area contributed by atoms with Crippen LogP contribution in [0.2, 0.25) is 0 Å². The predicted octanol–water partition coefficient (Wildman–Crippen LogP) is -0.711. The van der Waals surface area contributed by atoms with Crippen LogP contribution in [0.5, 0.6) is 0 Å². The Morgan fingerprint density at radius 1 is 1.31 bits per heavy atom. The molecule has 6 nitrogen and oxygen atoms in total. The third kappa shape index (κ3) is 1.30. The molecular weight excluding hydrogens is 172 g/mol. The molecule has 0 amide bonds. The summed E-state index contributed by atoms with van der Waals surface area (Å²) in [7, 11) is 0. The molecule has 13 heavy (non-hydrogen) atoms. The molecule has 0 spiro atoms. The van der Waals surface area contributed by atoms with Crippen LogP contribution >= 0.6 is 0 Å². The maximum Gasteiger partial charge on any atom is 0.327 e. The van der Waals surface area contributed by atoms with Crippen LogP contribution in [-0.4, -0.2) is 22.6 Å². The van der Waals surface area contributed by atoms with Crippen LogP contribution in [0.4, 0.5) is 11.5 Å². The number of fused-ring (bicyclic) bond motifs is 1. The summed E-state index contributed by atoms with van der Waals surface area (Å²) in [5.41, 5.74) is -0.483. The largest absolute Gasteiger partial charge is 0.373 e. The molecule has 6 heteroatoms. The van der Waals surface area contributed by atoms with E-state index in [1.54, 1.807) is 0 Å². The Bertz CT molecular complexity index is 433. The molecule has 0 aromatic carbocycles. The van der Waals surface area contributed by atoms with E-state index in [1.807, 2.05) is 6.92 Å². The van der Waals surface area contributed by atoms with Gasteiger partial charge >= 0.3 is 5.69 Å². The summed E-state index contributed by atoms with van der Waals surface area (Å²) in [6.07, 6.45) is 0. The van der Waals surface area contributed by atoms with Gasteiger partial charge in [0.15, 0.2) is 0 Å². The van der Waals surface area contributed by atoms with E-state index in [1.165, 1.54) is 0 Å². The van der Waals surface area contributed by atoms with Crippen molar-refractivity contribution in [3.63, 3.8) is 0 Å². The van der Waals surface area contributed by atoms with Gasteiger partial charge in [-0.05, 0) is 6.92 Å². The number of nitrogens with one attached hydrogen (secondary N) is 4. The summed E-state index contributed by atoms with van der Waals surface area (Å²) in [6, 6.07) is 0.180. The topological polar surface area (TPSA) is 89.8 Å². The van der Waals surface area contributed by atoms with E-state index < -0.39 is 11.2 Å². The highest BCUT2D eigenvalue weighted by Gasteiger charge is 2.16. The first kappa shape index (κ1) is 7.90. The molecule has 2 heterocycles. The van der Waals surface area contributed by atoms with Crippen LogP contribution in [0.15, 0.2) is 9.59 Å². The van der Waals surface area contributed by atoms with Crippen molar-refractivity contribution in [1.82, 2.24) is 9.97 Å². The number of hydrogen-bond acceptors (Lipinski definition) is 4. The van der Waals surface area contributed by atoms with Gasteiger partial charge in [0.05, 0.1) is 0 Å². The van der Waals surface area contributed by atoms with E-state index in [0.717, 1.165) is 0 Å². The fraction of sp³-hybridized carbons (Fsp3) is 0.429. The summed E-state index contributed by atoms with van der Waals surface area (Å²) in [5, 5.41) is 5.93. The highest BCUT2D eigenvalue weighted by Crippen LogP contribution is 2.16. The molecule has 0 aliphatic carbocycles. The standard InChI is InChI=1S/C7H10N4O2/c1-3-2-8-5-4(9-3)6(12)11-7(13)10-5/h3,9H,2H2,1H3,(H3,8,10,11,12,13)/t3-/m1/s1. The van der Waals surface area contributed by atoms with Crippen LogP contribution in [0, 0.1) is 0 Å². The smallest absolute Gasteiger partial charge is 0.327 e. The number of anilines is 2. The number of aromatic nitrogens is 2. The predicted molar refractivity (Wildman–Crippen MR) is 49.3 cm³/mol. The second-order valence-electron chi connectivity index (χ2n) is 3.08. The summed E-state index contributed by atoms with van der Waals surface area (Å²) in [6.45, 7) is 2.63. The third-order valence-electron chi connectivity index (χ3n) is 1.92. The average Bonchev–Trinajstić information content (AvgIpc) is 2.06. The van der Waals surface area contributed by atoms with E-state index in [-0.39, 0.29) is 6.04 Å². The highest BCUT2D eigenvalue weighted by atomic mass is 16.2. The van der Waals surface area contributed by atoms with Crippen LogP contribution < -0.4 is 21.9 Å². The normalized spacial score (nSPS) is 19.9. The number of rotatable bonds is 0. The molecule has 4 N–H and O–H groups in total. The third-order valence-corrected chi connectivity index (χ3v) is 1.92. The minimum absolute atomic E-state index is 0.180. The van der Waals surface area contributed by atoms with Crippen molar-refractivity contribution in [2.75, 3.05) is 17.2 Å². The Hall–Kier alpha value is -1.72. The zero-order chi connectivity index (χ0) is 9.42. The Balaban J connectivity index is 2.60. The van der Waals surface area contributed by atoms with Gasteiger partial charge in [0.25, 0.3) is 5.56 Å². The molecule has 0 unspecified atom stereocenters. The maximum absolute atomic E-state index is 11.3. The molecule has 0 fully saturated rings. The quantitative estimate of drug-likeness (QED) is 0.426. The monoisotopic (exact) mass is 182 g/mol. The second-order valence-corrected chi connectivity index (χ2v) is 3.08. The highest BCUT2D eigenvalue weighted by molar-refractivity contribution is 5.65. The van der Waals surface area contributed by atoms with Crippen LogP contribution in [0.3, 0.4) is 0 Å². The lowest BCUT2D eigenvalue weighted by Crippen LogP contribution is -2.37. The molecule has 0 bridgehead atoms. The van der Waals surface area contributed by atoms with Crippen LogP contribution in [0.1, 0.15) is 6.92 Å². The SMILES string of the molecule is C[C@@H]1CNc2[nH]c(=O)[nH]c(=O)c2N1. The Morgan fingerprint density at radius 3 is 2.85 bits per heavy atom. The second kappa shape index (κ2) is 2.65. The molecule has 0 radical (unpaired) electrons. The minimum atomic E-state index is -0.493. The summed E-state index contributed by atoms with van der Waals surface area (Å²) < 4.78 is 0. The molecule has 1 aromatic heterocycles. The molecule has 0 saturated heterocycles. The van der Waals surface area contributed by atoms with Gasteiger partial charge in [-0.25, -0.2) is 4.79 Å². The molecule has 1 atom stereocenters. The summed E-state index contributed by atoms with van der Waals surface area (Å²) >= 11 is 0. The Labute approximate surface area is 73.4 Å². The molecule has 2 rings (SSSR count). The Kier molecular flexibility index (Phi) is 1.61. The van der Waals surface area contributed by atoms with Crippen molar-refractivity contribution >= 4 is 11.5 Å². The minimum Gasteiger partial charge on any atom is -0.373 e. The van der Waals surface area contributed by atoms with Gasteiger partial charge in [0.1, 0.15) is 11.5 Å². The number of H-pyrrole nitrogens is 2. The van der Waals surface area contributed by atoms with E-state index in [0.29, 0.717) is 18.1 Å². The van der Waals surface area contributed by atoms with E-state index in [9.17, 15) is 9.59 Å². The summed E-state index contributed by atoms with van der Waals surface area (Å²) in [5.74, 6) is 0.465. The van der Waals surface area contributed by atoms with Crippen molar-refractivity contribution in [2.45, 2.75) is 13.0 Å². The molecule has 1 aliphatic heterocycles. The number of hydrogen-bond donors (Lipinski definition) is 4. The van der Waals surface area contributed by atoms with E-state index in [2.05, 4.69) is 20.6 Å². The first-order chi connectivity index (χ1) is 6.16. The molecular formula is C7H10N4O2. The Morgan fingerprint density at radius 2 is 2.08 bits per heavy atom. The van der Waals surface area contributed by atoms with Gasteiger partial charge in [-0.1, -0.05) is 0 Å². The summed E-state index contributed by atoms with van der Waals surface area (Å²) in [4.78, 5) is 26.8. The first-order valence-corrected chi connectivity index (χ1v) is 4.04. The fourth-order valence-electron chi connectivity index (χ4n) is 1.31. The molecule has 1 aliphatic rings. The van der Waals surface area contributed by atoms with E-state index >= 15 is 0 Å². The first-order valence-electron chi connectivity index (χ1n) is 4.04. The van der Waals surface area contributed by atoms with Gasteiger partial charge in [0.2, 0.25) is 0 Å². The zero-order valence-corrected chi connectivity index (χ0v) is 7.10. The van der Waals surface area contributed by atoms with Gasteiger partial charge in [-0.15, -0.1) is 0 Å². The average molecular weight is 182 g/mol. The van der Waals surface area contributed by atoms with Crippen molar-refractivity contribution in [3.05, 3.63) is 20.8 Å². The van der Waals surface area contributed by atoms with Gasteiger partial charge < -0.3 is 10.6 Å². The van der Waals surface area contributed by atoms with Gasteiger partial charge in [-0.2, -0.15) is 0 Å². The zero-order valence-electron chi connectivity index (χ0n) is 7.10. The fourth-order valence-corrected chi connectivity index (χ4v) is 1.31. The van der Waals surface area contributed by atoms with Gasteiger partial charge in [-0.3, -0.25) is 14.8 Å². The maximum atomic E-state index is 11.3. The van der Waals surface area contributed by atoms with Crippen molar-refractivity contribution in [3.8, 4) is 0 Å². The van der Waals surface area contributed by atoms with Crippen molar-refractivity contribution in [2.24, 2.45) is 0 Å². The van der Waals surface area contributed by atoms with Crippen molar-refractivity contribution < 1.29 is 0 Å². The lowest BCUT2D eigenvalue weighted by molar-refractivity contribution is 0.798. The van der Waals surface area contributed by atoms with E-state index in [4.69, 9.17) is 0 Å².